The number of aliphatic imine (C=N–C) groups is 1. The van der Waals surface area contributed by atoms with Gasteiger partial charge in [0.2, 0.25) is 0 Å². The first-order valence-corrected chi connectivity index (χ1v) is 6.78. The summed E-state index contributed by atoms with van der Waals surface area (Å²) in [6, 6.07) is 6.53. The number of benzene rings is 1. The smallest absolute Gasteiger partial charge is 0.292 e. The van der Waals surface area contributed by atoms with Crippen LogP contribution in [0.2, 0.25) is 0 Å². The van der Waals surface area contributed by atoms with E-state index in [9.17, 15) is 10.1 Å². The molecule has 0 aromatic heterocycles. The first-order chi connectivity index (χ1) is 10.2. The third kappa shape index (κ3) is 4.32. The molecule has 3 N–H and O–H groups in total. The Morgan fingerprint density at radius 1 is 1.43 bits per heavy atom. The van der Waals surface area contributed by atoms with Crippen LogP contribution in [0.1, 0.15) is 0 Å². The van der Waals surface area contributed by atoms with Gasteiger partial charge in [0.25, 0.3) is 5.69 Å². The Labute approximate surface area is 122 Å². The summed E-state index contributed by atoms with van der Waals surface area (Å²) in [5.74, 6) is 0.489. The average Bonchev–Trinajstić information content (AvgIpc) is 2.52. The predicted molar refractivity (Wildman–Crippen MR) is 80.5 cm³/mol. The Kier molecular flexibility index (Phi) is 5.33. The second-order valence-corrected chi connectivity index (χ2v) is 4.54. The average molecular weight is 293 g/mol. The van der Waals surface area contributed by atoms with Crippen LogP contribution < -0.4 is 11.1 Å². The van der Waals surface area contributed by atoms with Gasteiger partial charge in [-0.1, -0.05) is 12.1 Å². The molecule has 0 aliphatic carbocycles. The minimum atomic E-state index is -0.409. The molecule has 1 aliphatic rings. The highest BCUT2D eigenvalue weighted by Crippen LogP contribution is 2.22. The van der Waals surface area contributed by atoms with Gasteiger partial charge in [-0.25, -0.2) is 0 Å². The fourth-order valence-corrected chi connectivity index (χ4v) is 2.04. The number of nitro benzene ring substituents is 1. The van der Waals surface area contributed by atoms with Crippen LogP contribution in [0.3, 0.4) is 0 Å². The number of nitrogens with two attached hydrogens (primary N) is 1. The van der Waals surface area contributed by atoms with E-state index in [-0.39, 0.29) is 5.69 Å². The van der Waals surface area contributed by atoms with Crippen LogP contribution in [-0.4, -0.2) is 55.2 Å². The van der Waals surface area contributed by atoms with E-state index in [1.54, 1.807) is 18.2 Å². The molecule has 1 aliphatic heterocycles. The normalized spacial score (nSPS) is 15.8. The molecule has 0 spiro atoms. The molecule has 0 amide bonds. The van der Waals surface area contributed by atoms with E-state index in [2.05, 4.69) is 10.3 Å². The minimum absolute atomic E-state index is 0.0580. The molecule has 8 heteroatoms. The molecule has 1 aromatic carbocycles. The first-order valence-electron chi connectivity index (χ1n) is 6.78. The van der Waals surface area contributed by atoms with E-state index in [0.29, 0.717) is 38.0 Å². The van der Waals surface area contributed by atoms with Crippen LogP contribution >= 0.6 is 0 Å². The minimum Gasteiger partial charge on any atom is -0.378 e. The second kappa shape index (κ2) is 7.44. The summed E-state index contributed by atoms with van der Waals surface area (Å²) < 4.78 is 5.24. The molecular weight excluding hydrogens is 274 g/mol. The molecule has 0 atom stereocenters. The molecule has 8 nitrogen and oxygen atoms in total. The van der Waals surface area contributed by atoms with Crippen molar-refractivity contribution >= 4 is 17.3 Å². The Balaban J connectivity index is 1.83. The van der Waals surface area contributed by atoms with Gasteiger partial charge in [0.05, 0.1) is 24.7 Å². The molecule has 0 radical (unpaired) electrons. The van der Waals surface area contributed by atoms with Crippen LogP contribution in [0.5, 0.6) is 0 Å². The van der Waals surface area contributed by atoms with Gasteiger partial charge in [0, 0.05) is 25.7 Å². The third-order valence-corrected chi connectivity index (χ3v) is 3.14. The molecule has 0 bridgehead atoms. The molecule has 21 heavy (non-hydrogen) atoms. The van der Waals surface area contributed by atoms with Crippen molar-refractivity contribution in [1.29, 1.82) is 0 Å². The van der Waals surface area contributed by atoms with Crippen LogP contribution in [0, 0.1) is 10.1 Å². The van der Waals surface area contributed by atoms with Crippen molar-refractivity contribution in [3.63, 3.8) is 0 Å². The molecule has 114 valence electrons. The topological polar surface area (TPSA) is 106 Å². The summed E-state index contributed by atoms with van der Waals surface area (Å²) in [6.45, 7) is 3.74. The lowest BCUT2D eigenvalue weighted by Gasteiger charge is -2.27. The summed E-state index contributed by atoms with van der Waals surface area (Å²) in [6.07, 6.45) is 0. The van der Waals surface area contributed by atoms with E-state index in [4.69, 9.17) is 10.5 Å². The van der Waals surface area contributed by atoms with Crippen molar-refractivity contribution in [3.8, 4) is 0 Å². The van der Waals surface area contributed by atoms with E-state index in [1.165, 1.54) is 6.07 Å². The zero-order valence-electron chi connectivity index (χ0n) is 11.7. The lowest BCUT2D eigenvalue weighted by atomic mass is 10.2. The van der Waals surface area contributed by atoms with E-state index < -0.39 is 4.92 Å². The molecule has 1 saturated heterocycles. The maximum atomic E-state index is 10.9. The predicted octanol–water partition coefficient (Wildman–Crippen LogP) is 0.654. The van der Waals surface area contributed by atoms with Crippen molar-refractivity contribution in [3.05, 3.63) is 34.4 Å². The largest absolute Gasteiger partial charge is 0.378 e. The van der Waals surface area contributed by atoms with Gasteiger partial charge in [0.1, 0.15) is 5.69 Å². The highest BCUT2D eigenvalue weighted by Gasteiger charge is 2.13. The van der Waals surface area contributed by atoms with Crippen LogP contribution in [0.15, 0.2) is 29.3 Å². The Morgan fingerprint density at radius 2 is 2.14 bits per heavy atom. The summed E-state index contributed by atoms with van der Waals surface area (Å²) in [5.41, 5.74) is 6.44. The molecule has 1 fully saturated rings. The molecule has 2 rings (SSSR count). The maximum Gasteiger partial charge on any atom is 0.292 e. The number of para-hydroxylation sites is 2. The van der Waals surface area contributed by atoms with Gasteiger partial charge in [-0.05, 0) is 6.07 Å². The monoisotopic (exact) mass is 293 g/mol. The Bertz CT molecular complexity index is 514. The number of ether oxygens (including phenoxy) is 1. The van der Waals surface area contributed by atoms with Gasteiger partial charge in [-0.2, -0.15) is 0 Å². The number of anilines is 1. The van der Waals surface area contributed by atoms with Crippen molar-refractivity contribution in [2.45, 2.75) is 0 Å². The fraction of sp³-hybridized carbons (Fsp3) is 0.462. The van der Waals surface area contributed by atoms with E-state index in [1.807, 2.05) is 4.90 Å². The van der Waals surface area contributed by atoms with Gasteiger partial charge in [-0.15, -0.1) is 0 Å². The van der Waals surface area contributed by atoms with Crippen molar-refractivity contribution in [2.24, 2.45) is 10.7 Å². The van der Waals surface area contributed by atoms with Crippen LogP contribution in [-0.2, 0) is 4.74 Å². The molecule has 0 unspecified atom stereocenters. The number of hydrogen-bond donors (Lipinski definition) is 2. The first kappa shape index (κ1) is 15.0. The van der Waals surface area contributed by atoms with Gasteiger partial charge in [-0.3, -0.25) is 15.1 Å². The lowest BCUT2D eigenvalue weighted by Crippen LogP contribution is -2.45. The SMILES string of the molecule is NC(=NCCNc1ccccc1[N+](=O)[O-])N1CCOCC1. The van der Waals surface area contributed by atoms with Gasteiger partial charge in [0.15, 0.2) is 5.96 Å². The summed E-state index contributed by atoms with van der Waals surface area (Å²) in [7, 11) is 0. The number of nitro groups is 1. The Morgan fingerprint density at radius 3 is 2.86 bits per heavy atom. The fourth-order valence-electron chi connectivity index (χ4n) is 2.04. The number of hydrogen-bond acceptors (Lipinski definition) is 5. The summed E-state index contributed by atoms with van der Waals surface area (Å²) in [4.78, 5) is 16.7. The standard InChI is InChI=1S/C13H19N5O3/c14-13(17-7-9-21-10-8-17)16-6-5-15-11-3-1-2-4-12(11)18(19)20/h1-4,15H,5-10H2,(H2,14,16). The highest BCUT2D eigenvalue weighted by atomic mass is 16.6. The third-order valence-electron chi connectivity index (χ3n) is 3.14. The van der Waals surface area contributed by atoms with Crippen LogP contribution in [0.4, 0.5) is 11.4 Å². The van der Waals surface area contributed by atoms with Gasteiger partial charge >= 0.3 is 0 Å². The number of guanidine groups is 1. The highest BCUT2D eigenvalue weighted by molar-refractivity contribution is 5.78. The van der Waals surface area contributed by atoms with Crippen molar-refractivity contribution in [1.82, 2.24) is 4.90 Å². The van der Waals surface area contributed by atoms with Crippen molar-refractivity contribution in [2.75, 3.05) is 44.7 Å². The zero-order valence-corrected chi connectivity index (χ0v) is 11.7. The number of morpholine rings is 1. The number of nitrogens with zero attached hydrogens (tertiary/aromatic N) is 3. The molecule has 1 aromatic rings. The van der Waals surface area contributed by atoms with Gasteiger partial charge < -0.3 is 20.7 Å². The summed E-state index contributed by atoms with van der Waals surface area (Å²) in [5, 5.41) is 13.9. The zero-order chi connectivity index (χ0) is 15.1. The van der Waals surface area contributed by atoms with E-state index >= 15 is 0 Å². The van der Waals surface area contributed by atoms with Crippen LogP contribution in [0.25, 0.3) is 0 Å². The van der Waals surface area contributed by atoms with E-state index in [0.717, 1.165) is 13.1 Å². The molecule has 0 saturated carbocycles. The van der Waals surface area contributed by atoms with Crippen molar-refractivity contribution < 1.29 is 9.66 Å². The Hall–Kier alpha value is -2.35. The molecular formula is C13H19N5O3. The summed E-state index contributed by atoms with van der Waals surface area (Å²) >= 11 is 0. The second-order valence-electron chi connectivity index (χ2n) is 4.54. The number of rotatable bonds is 5. The lowest BCUT2D eigenvalue weighted by molar-refractivity contribution is -0.384. The number of nitrogens with one attached hydrogen (secondary N) is 1. The quantitative estimate of drug-likeness (QED) is 0.271. The maximum absolute atomic E-state index is 10.9. The molecule has 1 heterocycles.